The van der Waals surface area contributed by atoms with Crippen molar-refractivity contribution in [3.63, 3.8) is 0 Å². The topological polar surface area (TPSA) is 76.1 Å². The van der Waals surface area contributed by atoms with Gasteiger partial charge < -0.3 is 14.7 Å². The highest BCUT2D eigenvalue weighted by Crippen LogP contribution is 2.40. The van der Waals surface area contributed by atoms with Crippen LogP contribution in [0.5, 0.6) is 11.5 Å². The molecule has 0 radical (unpaired) electrons. The van der Waals surface area contributed by atoms with E-state index in [0.29, 0.717) is 24.3 Å². The molecule has 2 rings (SSSR count). The Labute approximate surface area is 199 Å². The monoisotopic (exact) mass is 459 g/mol. The minimum absolute atomic E-state index is 0.0654. The van der Waals surface area contributed by atoms with Gasteiger partial charge in [-0.1, -0.05) is 44.2 Å². The summed E-state index contributed by atoms with van der Waals surface area (Å²) in [6, 6.07) is 5.57. The zero-order chi connectivity index (χ0) is 25.2. The molecule has 184 valence electrons. The van der Waals surface area contributed by atoms with Crippen LogP contribution in [-0.4, -0.2) is 46.1 Å². The van der Waals surface area contributed by atoms with Gasteiger partial charge in [0.1, 0.15) is 6.10 Å². The van der Waals surface area contributed by atoms with Crippen LogP contribution in [0.25, 0.3) is 6.08 Å². The number of hydrogen-bond donors (Lipinski definition) is 1. The van der Waals surface area contributed by atoms with E-state index in [1.807, 2.05) is 66.7 Å². The van der Waals surface area contributed by atoms with E-state index in [1.165, 1.54) is 5.06 Å². The van der Waals surface area contributed by atoms with Crippen molar-refractivity contribution in [2.45, 2.75) is 91.3 Å². The van der Waals surface area contributed by atoms with Gasteiger partial charge in [0.25, 0.3) is 0 Å². The van der Waals surface area contributed by atoms with Crippen LogP contribution < -0.4 is 9.47 Å². The molecule has 1 fully saturated rings. The molecule has 1 aromatic rings. The first kappa shape index (κ1) is 28.6. The Balaban J connectivity index is 0.00000265. The maximum absolute atomic E-state index is 11.9. The lowest BCUT2D eigenvalue weighted by Gasteiger charge is -2.51. The van der Waals surface area contributed by atoms with Crippen LogP contribution in [0.2, 0.25) is 0 Å². The van der Waals surface area contributed by atoms with Gasteiger partial charge in [-0.3, -0.25) is 9.59 Å². The number of allylic oxidation sites excluding steroid dienone is 3. The first-order valence-corrected chi connectivity index (χ1v) is 11.7. The molecule has 1 aromatic carbocycles. The number of Topliss-reactive ketones (excluding diaryl/α,β-unsaturated/α-hetero) is 2. The number of hydroxylamine groups is 2. The summed E-state index contributed by atoms with van der Waals surface area (Å²) < 4.78 is 11.8. The molecular formula is C27H41NO5. The molecule has 1 heterocycles. The average molecular weight is 460 g/mol. The van der Waals surface area contributed by atoms with Crippen LogP contribution in [0, 0.1) is 0 Å². The van der Waals surface area contributed by atoms with Crippen LogP contribution in [0.15, 0.2) is 36.4 Å². The number of carbonyl (C=O) groups excluding carboxylic acids is 2. The van der Waals surface area contributed by atoms with Crippen LogP contribution in [0.1, 0.15) is 79.7 Å². The molecule has 1 N–H and O–H groups in total. The lowest BCUT2D eigenvalue weighted by molar-refractivity contribution is -0.254. The predicted molar refractivity (Wildman–Crippen MR) is 133 cm³/mol. The Morgan fingerprint density at radius 1 is 1.03 bits per heavy atom. The molecule has 0 saturated carbocycles. The fraction of sp³-hybridized carbons (Fsp3) is 0.556. The van der Waals surface area contributed by atoms with Crippen LogP contribution in [-0.2, 0) is 9.59 Å². The zero-order valence-electron chi connectivity index (χ0n) is 21.5. The molecule has 0 bridgehead atoms. The van der Waals surface area contributed by atoms with Crippen molar-refractivity contribution >= 4 is 17.6 Å². The van der Waals surface area contributed by atoms with Crippen molar-refractivity contribution in [3.05, 3.63) is 42.0 Å². The van der Waals surface area contributed by atoms with Crippen LogP contribution >= 0.6 is 0 Å². The van der Waals surface area contributed by atoms with E-state index in [2.05, 4.69) is 0 Å². The van der Waals surface area contributed by atoms with Gasteiger partial charge >= 0.3 is 0 Å². The molecule has 1 aliphatic heterocycles. The number of nitrogens with zero attached hydrogens (tertiary/aromatic N) is 1. The van der Waals surface area contributed by atoms with Crippen molar-refractivity contribution in [1.29, 1.82) is 0 Å². The molecule has 6 heteroatoms. The van der Waals surface area contributed by atoms with Gasteiger partial charge in [0.05, 0.1) is 7.11 Å². The van der Waals surface area contributed by atoms with Gasteiger partial charge in [0.15, 0.2) is 11.5 Å². The molecule has 0 amide bonds. The summed E-state index contributed by atoms with van der Waals surface area (Å²) in [6.45, 7) is 13.8. The molecule has 1 aliphatic rings. The Morgan fingerprint density at radius 3 is 2.09 bits per heavy atom. The third-order valence-electron chi connectivity index (χ3n) is 5.55. The summed E-state index contributed by atoms with van der Waals surface area (Å²) in [6.07, 6.45) is 8.38. The summed E-state index contributed by atoms with van der Waals surface area (Å²) >= 11 is 0. The van der Waals surface area contributed by atoms with Crippen molar-refractivity contribution in [1.82, 2.24) is 5.06 Å². The maximum atomic E-state index is 11.9. The highest BCUT2D eigenvalue weighted by Gasteiger charge is 2.46. The molecular weight excluding hydrogens is 418 g/mol. The molecule has 0 spiro atoms. The van der Waals surface area contributed by atoms with Gasteiger partial charge in [-0.25, -0.2) is 0 Å². The summed E-state index contributed by atoms with van der Waals surface area (Å²) in [5, 5.41) is 11.9. The van der Waals surface area contributed by atoms with E-state index < -0.39 is 16.9 Å². The summed E-state index contributed by atoms with van der Waals surface area (Å²) in [7, 11) is 1.59. The number of rotatable bonds is 9. The highest BCUT2D eigenvalue weighted by atomic mass is 16.5. The summed E-state index contributed by atoms with van der Waals surface area (Å²) in [4.78, 5) is 23.7. The number of benzene rings is 1. The predicted octanol–water partition coefficient (Wildman–Crippen LogP) is 6.02. The maximum Gasteiger partial charge on any atom is 0.202 e. The molecule has 6 nitrogen and oxygen atoms in total. The van der Waals surface area contributed by atoms with Gasteiger partial charge in [0, 0.05) is 36.8 Å². The molecule has 33 heavy (non-hydrogen) atoms. The van der Waals surface area contributed by atoms with E-state index in [1.54, 1.807) is 31.4 Å². The second kappa shape index (κ2) is 12.7. The largest absolute Gasteiger partial charge is 0.493 e. The number of methoxy groups -OCH3 is 1. The normalized spacial score (nSPS) is 18.1. The second-order valence-corrected chi connectivity index (χ2v) is 9.22. The third-order valence-corrected chi connectivity index (χ3v) is 5.55. The Hall–Kier alpha value is -2.44. The molecule has 0 aliphatic carbocycles. The molecule has 0 unspecified atom stereocenters. The number of ether oxygens (including phenoxy) is 2. The number of hydrogen-bond acceptors (Lipinski definition) is 6. The minimum atomic E-state index is -0.420. The standard InChI is InChI=1S/C25H35NO5.C2H6/c1-7-8-11-20(27)21(28)12-9-10-18-13-14-22(30-6)23(15-18)31-19-16-24(2,3)26(29)25(4,5)17-19;1-2/h7-10,13-15,19,29H,11-12,16-17H2,1-6H3;1-2H3/b8-7-,10-9-;. The van der Waals surface area contributed by atoms with Gasteiger partial charge in [-0.05, 0) is 52.3 Å². The highest BCUT2D eigenvalue weighted by molar-refractivity contribution is 6.37. The lowest BCUT2D eigenvalue weighted by Crippen LogP contribution is -2.61. The zero-order valence-corrected chi connectivity index (χ0v) is 21.5. The van der Waals surface area contributed by atoms with Gasteiger partial charge in [-0.15, -0.1) is 0 Å². The number of piperidine rings is 1. The quantitative estimate of drug-likeness (QED) is 0.359. The van der Waals surface area contributed by atoms with Crippen molar-refractivity contribution < 1.29 is 24.3 Å². The summed E-state index contributed by atoms with van der Waals surface area (Å²) in [5.41, 5.74) is 0.0104. The number of ketones is 2. The summed E-state index contributed by atoms with van der Waals surface area (Å²) in [5.74, 6) is 0.446. The van der Waals surface area contributed by atoms with E-state index >= 15 is 0 Å². The van der Waals surface area contributed by atoms with E-state index in [0.717, 1.165) is 5.56 Å². The van der Waals surface area contributed by atoms with E-state index in [-0.39, 0.29) is 24.7 Å². The van der Waals surface area contributed by atoms with Crippen molar-refractivity contribution in [2.24, 2.45) is 0 Å². The fourth-order valence-corrected chi connectivity index (χ4v) is 4.09. The first-order valence-electron chi connectivity index (χ1n) is 11.7. The van der Waals surface area contributed by atoms with E-state index in [4.69, 9.17) is 9.47 Å². The minimum Gasteiger partial charge on any atom is -0.493 e. The Kier molecular flexibility index (Phi) is 11.0. The van der Waals surface area contributed by atoms with Crippen molar-refractivity contribution in [2.75, 3.05) is 7.11 Å². The van der Waals surface area contributed by atoms with Gasteiger partial charge in [0.2, 0.25) is 11.6 Å². The Morgan fingerprint density at radius 2 is 1.58 bits per heavy atom. The molecule has 0 atom stereocenters. The smallest absolute Gasteiger partial charge is 0.202 e. The Bertz CT molecular complexity index is 836. The van der Waals surface area contributed by atoms with E-state index in [9.17, 15) is 14.8 Å². The first-order chi connectivity index (χ1) is 15.5. The average Bonchev–Trinajstić information content (AvgIpc) is 2.77. The molecule has 0 aromatic heterocycles. The third kappa shape index (κ3) is 8.13. The molecule has 1 saturated heterocycles. The van der Waals surface area contributed by atoms with Crippen LogP contribution in [0.3, 0.4) is 0 Å². The van der Waals surface area contributed by atoms with Crippen LogP contribution in [0.4, 0.5) is 0 Å². The SMILES string of the molecule is C/C=C\CC(=O)C(=O)C/C=C\c1ccc(OC)c(OC2CC(C)(C)N(O)C(C)(C)C2)c1.CC. The number of carbonyl (C=O) groups is 2. The second-order valence-electron chi connectivity index (χ2n) is 9.22. The lowest BCUT2D eigenvalue weighted by atomic mass is 9.80. The van der Waals surface area contributed by atoms with Gasteiger partial charge in [-0.2, -0.15) is 5.06 Å². The fourth-order valence-electron chi connectivity index (χ4n) is 4.09. The van der Waals surface area contributed by atoms with Crippen molar-refractivity contribution in [3.8, 4) is 11.5 Å².